The monoisotopic (exact) mass is 475 g/mol. The van der Waals surface area contributed by atoms with E-state index in [-0.39, 0.29) is 29.5 Å². The third-order valence-corrected chi connectivity index (χ3v) is 8.57. The largest absolute Gasteiger partial charge is 0.443 e. The fourth-order valence-electron chi connectivity index (χ4n) is 3.57. The van der Waals surface area contributed by atoms with Crippen LogP contribution in [0.25, 0.3) is 10.6 Å². The highest BCUT2D eigenvalue weighted by Gasteiger charge is 2.39. The van der Waals surface area contributed by atoms with Crippen LogP contribution >= 0.6 is 11.3 Å². The van der Waals surface area contributed by atoms with Crippen LogP contribution in [0, 0.1) is 5.82 Å². The van der Waals surface area contributed by atoms with Crippen molar-refractivity contribution in [2.75, 3.05) is 24.5 Å². The number of anilines is 1. The molecule has 6 nitrogen and oxygen atoms in total. The average molecular weight is 475 g/mol. The van der Waals surface area contributed by atoms with Crippen molar-refractivity contribution in [3.8, 4) is 10.6 Å². The van der Waals surface area contributed by atoms with Gasteiger partial charge in [0.15, 0.2) is 12.2 Å². The Morgan fingerprint density at radius 2 is 1.97 bits per heavy atom. The molecule has 0 aliphatic carbocycles. The van der Waals surface area contributed by atoms with Crippen LogP contribution in [0.15, 0.2) is 51.5 Å². The standard InChI is InChI=1S/C19H17F4N3O3S2/c1-12-10-25(15-3-2-13(20)8-14(15)19(21,22)23)6-7-26(12)31(27,28)18-5-4-17(30-18)16-9-24-11-29-16/h2-5,8-9,11-12H,6-7,10H2,1H3/t12-/m1/s1. The fourth-order valence-corrected chi connectivity index (χ4v) is 6.57. The highest BCUT2D eigenvalue weighted by molar-refractivity contribution is 7.91. The normalized spacial score (nSPS) is 18.5. The number of nitrogens with zero attached hydrogens (tertiary/aromatic N) is 3. The number of halogens is 4. The molecule has 1 aliphatic heterocycles. The molecule has 2 aromatic heterocycles. The minimum atomic E-state index is -4.72. The molecule has 0 radical (unpaired) electrons. The van der Waals surface area contributed by atoms with Crippen molar-refractivity contribution in [2.24, 2.45) is 0 Å². The van der Waals surface area contributed by atoms with Crippen LogP contribution in [0.5, 0.6) is 0 Å². The average Bonchev–Trinajstić information content (AvgIpc) is 3.39. The van der Waals surface area contributed by atoms with Crippen molar-refractivity contribution >= 4 is 27.0 Å². The maximum atomic E-state index is 13.4. The van der Waals surface area contributed by atoms with Crippen LogP contribution in [0.4, 0.5) is 23.2 Å². The van der Waals surface area contributed by atoms with Gasteiger partial charge >= 0.3 is 6.18 Å². The van der Waals surface area contributed by atoms with E-state index in [1.807, 2.05) is 0 Å². The van der Waals surface area contributed by atoms with Gasteiger partial charge in [0.1, 0.15) is 10.0 Å². The van der Waals surface area contributed by atoms with E-state index in [9.17, 15) is 26.0 Å². The topological polar surface area (TPSA) is 66.7 Å². The zero-order valence-corrected chi connectivity index (χ0v) is 17.8. The first-order chi connectivity index (χ1) is 14.6. The summed E-state index contributed by atoms with van der Waals surface area (Å²) in [7, 11) is -3.85. The molecule has 31 heavy (non-hydrogen) atoms. The molecule has 1 atom stereocenters. The first-order valence-electron chi connectivity index (χ1n) is 9.19. The van der Waals surface area contributed by atoms with Crippen molar-refractivity contribution < 1.29 is 30.4 Å². The van der Waals surface area contributed by atoms with Gasteiger partial charge in [0, 0.05) is 31.4 Å². The zero-order valence-electron chi connectivity index (χ0n) is 16.1. The molecule has 1 aliphatic rings. The Balaban J connectivity index is 1.56. The molecule has 1 aromatic carbocycles. The Kier molecular flexibility index (Phi) is 5.56. The lowest BCUT2D eigenvalue weighted by Crippen LogP contribution is -2.54. The highest BCUT2D eigenvalue weighted by Crippen LogP contribution is 2.39. The Morgan fingerprint density at radius 3 is 2.61 bits per heavy atom. The van der Waals surface area contributed by atoms with Gasteiger partial charge in [0.05, 0.1) is 16.6 Å². The number of thiophene rings is 1. The van der Waals surface area contributed by atoms with Gasteiger partial charge in [0.2, 0.25) is 0 Å². The lowest BCUT2D eigenvalue weighted by Gasteiger charge is -2.40. The summed E-state index contributed by atoms with van der Waals surface area (Å²) in [6, 6.07) is 5.00. The molecule has 12 heteroatoms. The van der Waals surface area contributed by atoms with E-state index in [0.29, 0.717) is 16.7 Å². The number of hydrogen-bond donors (Lipinski definition) is 0. The van der Waals surface area contributed by atoms with E-state index in [1.165, 1.54) is 27.9 Å². The van der Waals surface area contributed by atoms with Gasteiger partial charge in [-0.1, -0.05) is 0 Å². The molecule has 4 rings (SSSR count). The number of benzene rings is 1. The smallest absolute Gasteiger partial charge is 0.418 e. The van der Waals surface area contributed by atoms with Gasteiger partial charge in [0.25, 0.3) is 10.0 Å². The molecule has 0 unspecified atom stereocenters. The van der Waals surface area contributed by atoms with E-state index in [4.69, 9.17) is 4.42 Å². The maximum Gasteiger partial charge on any atom is 0.418 e. The minimum Gasteiger partial charge on any atom is -0.443 e. The molecule has 1 fully saturated rings. The molecule has 1 saturated heterocycles. The quantitative estimate of drug-likeness (QED) is 0.522. The highest BCUT2D eigenvalue weighted by atomic mass is 32.2. The summed E-state index contributed by atoms with van der Waals surface area (Å²) in [5.41, 5.74) is -1.24. The first-order valence-corrected chi connectivity index (χ1v) is 11.5. The molecule has 0 spiro atoms. The SMILES string of the molecule is C[C@@H]1CN(c2ccc(F)cc2C(F)(F)F)CCN1S(=O)(=O)c1ccc(-c2cnco2)s1. The van der Waals surface area contributed by atoms with E-state index >= 15 is 0 Å². The van der Waals surface area contributed by atoms with Crippen LogP contribution in [0.1, 0.15) is 12.5 Å². The molecule has 0 amide bonds. The van der Waals surface area contributed by atoms with E-state index in [1.54, 1.807) is 13.0 Å². The van der Waals surface area contributed by atoms with Crippen LogP contribution in [-0.4, -0.2) is 43.4 Å². The molecule has 0 bridgehead atoms. The molecule has 3 aromatic rings. The fraction of sp³-hybridized carbons (Fsp3) is 0.316. The molecular weight excluding hydrogens is 458 g/mol. The predicted molar refractivity (Wildman–Crippen MR) is 107 cm³/mol. The van der Waals surface area contributed by atoms with E-state index < -0.39 is 33.6 Å². The second kappa shape index (κ2) is 7.92. The summed E-state index contributed by atoms with van der Waals surface area (Å²) >= 11 is 1.03. The second-order valence-electron chi connectivity index (χ2n) is 7.05. The molecule has 3 heterocycles. The van der Waals surface area contributed by atoms with Gasteiger partial charge in [-0.2, -0.15) is 17.5 Å². The van der Waals surface area contributed by atoms with Crippen molar-refractivity contribution in [1.29, 1.82) is 0 Å². The molecule has 0 N–H and O–H groups in total. The predicted octanol–water partition coefficient (Wildman–Crippen LogP) is 4.46. The molecular formula is C19H17F4N3O3S2. The summed E-state index contributed by atoms with van der Waals surface area (Å²) in [4.78, 5) is 5.85. The number of alkyl halides is 3. The second-order valence-corrected chi connectivity index (χ2v) is 10.3. The number of oxazole rings is 1. The van der Waals surface area contributed by atoms with Gasteiger partial charge in [-0.05, 0) is 37.3 Å². The summed E-state index contributed by atoms with van der Waals surface area (Å²) < 4.78 is 86.4. The number of piperazine rings is 1. The molecule has 0 saturated carbocycles. The third kappa shape index (κ3) is 4.19. The summed E-state index contributed by atoms with van der Waals surface area (Å²) in [6.45, 7) is 1.70. The van der Waals surface area contributed by atoms with Crippen LogP contribution in [0.3, 0.4) is 0 Å². The van der Waals surface area contributed by atoms with E-state index in [2.05, 4.69) is 4.98 Å². The van der Waals surface area contributed by atoms with E-state index in [0.717, 1.165) is 23.5 Å². The Hall–Kier alpha value is -2.44. The lowest BCUT2D eigenvalue weighted by atomic mass is 10.1. The number of hydrogen-bond acceptors (Lipinski definition) is 6. The van der Waals surface area contributed by atoms with Gasteiger partial charge < -0.3 is 9.32 Å². The van der Waals surface area contributed by atoms with Gasteiger partial charge in [-0.3, -0.25) is 0 Å². The van der Waals surface area contributed by atoms with Crippen LogP contribution in [0.2, 0.25) is 0 Å². The number of aromatic nitrogens is 1. The summed E-state index contributed by atoms with van der Waals surface area (Å²) in [5.74, 6) is -0.536. The number of rotatable bonds is 4. The number of sulfonamides is 1. The Morgan fingerprint density at radius 1 is 1.19 bits per heavy atom. The Labute approximate surface area is 179 Å². The first kappa shape index (κ1) is 21.8. The minimum absolute atomic E-state index is 0.00624. The van der Waals surface area contributed by atoms with Crippen molar-refractivity contribution in [2.45, 2.75) is 23.4 Å². The summed E-state index contributed by atoms with van der Waals surface area (Å²) in [6.07, 6.45) is -2.00. The van der Waals surface area contributed by atoms with Crippen LogP contribution < -0.4 is 4.90 Å². The lowest BCUT2D eigenvalue weighted by molar-refractivity contribution is -0.137. The molecule has 166 valence electrons. The third-order valence-electron chi connectivity index (χ3n) is 4.99. The Bertz CT molecular complexity index is 1180. The van der Waals surface area contributed by atoms with Crippen molar-refractivity contribution in [3.05, 3.63) is 54.3 Å². The maximum absolute atomic E-state index is 13.4. The van der Waals surface area contributed by atoms with Crippen LogP contribution in [-0.2, 0) is 16.2 Å². The van der Waals surface area contributed by atoms with Gasteiger partial charge in [-0.15, -0.1) is 11.3 Å². The van der Waals surface area contributed by atoms with Crippen molar-refractivity contribution in [3.63, 3.8) is 0 Å². The zero-order chi connectivity index (χ0) is 22.4. The van der Waals surface area contributed by atoms with Gasteiger partial charge in [-0.25, -0.2) is 17.8 Å². The van der Waals surface area contributed by atoms with Crippen molar-refractivity contribution in [1.82, 2.24) is 9.29 Å². The summed E-state index contributed by atoms with van der Waals surface area (Å²) in [5, 5.41) is 0.